The number of thiophene rings is 1. The number of carboxylic acid groups (broad SMARTS) is 1. The lowest BCUT2D eigenvalue weighted by Crippen LogP contribution is -2.50. The van der Waals surface area contributed by atoms with Crippen LogP contribution in [0.4, 0.5) is 0 Å². The molecule has 104 valence electrons. The van der Waals surface area contributed by atoms with Crippen molar-refractivity contribution in [3.63, 3.8) is 0 Å². The van der Waals surface area contributed by atoms with Gasteiger partial charge in [0, 0.05) is 13.1 Å². The molecule has 20 heavy (non-hydrogen) atoms. The number of hydrogen-bond acceptors (Lipinski definition) is 5. The number of aromatic nitrogens is 3. The maximum atomic E-state index is 12.2. The molecule has 0 saturated carbocycles. The minimum absolute atomic E-state index is 0.000168. The molecule has 1 aliphatic heterocycles. The molecular formula is C12H12N4O3S. The van der Waals surface area contributed by atoms with Gasteiger partial charge in [0.05, 0.1) is 17.1 Å². The molecule has 0 spiro atoms. The van der Waals surface area contributed by atoms with Gasteiger partial charge >= 0.3 is 5.97 Å². The van der Waals surface area contributed by atoms with Crippen LogP contribution in [0.1, 0.15) is 31.8 Å². The van der Waals surface area contributed by atoms with Gasteiger partial charge in [0.25, 0.3) is 5.91 Å². The van der Waals surface area contributed by atoms with Crippen molar-refractivity contribution in [2.24, 2.45) is 0 Å². The van der Waals surface area contributed by atoms with Gasteiger partial charge in [-0.15, -0.1) is 16.4 Å². The Balaban J connectivity index is 1.65. The molecule has 1 amide bonds. The molecule has 2 aromatic heterocycles. The standard InChI is InChI=1S/C12H12N4O3S/c1-7-2-3-20-10(7)11(17)15-4-8(5-15)16-6-9(12(18)19)13-14-16/h2-3,6,8H,4-5H2,1H3,(H,18,19). The Kier molecular flexibility index (Phi) is 3.01. The van der Waals surface area contributed by atoms with E-state index < -0.39 is 5.97 Å². The molecule has 0 bridgehead atoms. The molecule has 2 aromatic rings. The molecule has 0 atom stereocenters. The van der Waals surface area contributed by atoms with Crippen LogP contribution in [0, 0.1) is 6.92 Å². The molecule has 7 nitrogen and oxygen atoms in total. The Hall–Kier alpha value is -2.22. The Labute approximate surface area is 118 Å². The van der Waals surface area contributed by atoms with E-state index in [-0.39, 0.29) is 17.6 Å². The van der Waals surface area contributed by atoms with E-state index in [4.69, 9.17) is 5.11 Å². The van der Waals surface area contributed by atoms with Gasteiger partial charge in [-0.1, -0.05) is 5.21 Å². The first-order valence-corrected chi connectivity index (χ1v) is 6.92. The van der Waals surface area contributed by atoms with Crippen LogP contribution in [-0.2, 0) is 0 Å². The zero-order chi connectivity index (χ0) is 14.3. The summed E-state index contributed by atoms with van der Waals surface area (Å²) in [4.78, 5) is 25.4. The second-order valence-electron chi connectivity index (χ2n) is 4.69. The molecule has 1 aliphatic rings. The van der Waals surface area contributed by atoms with Crippen LogP contribution < -0.4 is 0 Å². The van der Waals surface area contributed by atoms with Crippen LogP contribution in [0.25, 0.3) is 0 Å². The van der Waals surface area contributed by atoms with E-state index in [9.17, 15) is 9.59 Å². The summed E-state index contributed by atoms with van der Waals surface area (Å²) in [6, 6.07) is 1.92. The number of amides is 1. The summed E-state index contributed by atoms with van der Waals surface area (Å²) in [6.45, 7) is 2.97. The second kappa shape index (κ2) is 4.71. The van der Waals surface area contributed by atoms with Crippen molar-refractivity contribution in [3.05, 3.63) is 33.8 Å². The van der Waals surface area contributed by atoms with Crippen molar-refractivity contribution in [1.29, 1.82) is 0 Å². The Bertz CT molecular complexity index is 672. The molecule has 0 radical (unpaired) electrons. The summed E-state index contributed by atoms with van der Waals surface area (Å²) in [5.41, 5.74) is 0.904. The third-order valence-electron chi connectivity index (χ3n) is 3.31. The molecule has 1 N–H and O–H groups in total. The van der Waals surface area contributed by atoms with E-state index in [0.717, 1.165) is 10.4 Å². The van der Waals surface area contributed by atoms with Crippen LogP contribution in [-0.4, -0.2) is 50.0 Å². The number of hydrogen-bond donors (Lipinski definition) is 1. The van der Waals surface area contributed by atoms with E-state index in [1.54, 1.807) is 4.90 Å². The van der Waals surface area contributed by atoms with Gasteiger partial charge in [-0.05, 0) is 23.9 Å². The highest BCUT2D eigenvalue weighted by Crippen LogP contribution is 2.25. The van der Waals surface area contributed by atoms with Crippen molar-refractivity contribution in [2.45, 2.75) is 13.0 Å². The van der Waals surface area contributed by atoms with Crippen molar-refractivity contribution in [3.8, 4) is 0 Å². The van der Waals surface area contributed by atoms with Crippen molar-refractivity contribution >= 4 is 23.2 Å². The van der Waals surface area contributed by atoms with Crippen molar-refractivity contribution in [1.82, 2.24) is 19.9 Å². The zero-order valence-electron chi connectivity index (χ0n) is 10.7. The lowest BCUT2D eigenvalue weighted by atomic mass is 10.1. The average molecular weight is 292 g/mol. The van der Waals surface area contributed by atoms with Gasteiger partial charge in [0.1, 0.15) is 0 Å². The quantitative estimate of drug-likeness (QED) is 0.913. The summed E-state index contributed by atoms with van der Waals surface area (Å²) in [6.07, 6.45) is 1.39. The lowest BCUT2D eigenvalue weighted by Gasteiger charge is -2.38. The predicted octanol–water partition coefficient (Wildman–Crippen LogP) is 1.04. The number of carbonyl (C=O) groups excluding carboxylic acids is 1. The largest absolute Gasteiger partial charge is 0.476 e. The van der Waals surface area contributed by atoms with Crippen LogP contribution >= 0.6 is 11.3 Å². The number of rotatable bonds is 3. The number of nitrogens with zero attached hydrogens (tertiary/aromatic N) is 4. The molecular weight excluding hydrogens is 280 g/mol. The molecule has 3 heterocycles. The lowest BCUT2D eigenvalue weighted by molar-refractivity contribution is 0.0502. The van der Waals surface area contributed by atoms with Gasteiger partial charge in [-0.25, -0.2) is 9.48 Å². The summed E-state index contributed by atoms with van der Waals surface area (Å²) in [5, 5.41) is 18.0. The van der Waals surface area contributed by atoms with Gasteiger partial charge in [-0.3, -0.25) is 4.79 Å². The fourth-order valence-corrected chi connectivity index (χ4v) is 2.97. The number of likely N-dealkylation sites (tertiary alicyclic amines) is 1. The van der Waals surface area contributed by atoms with E-state index in [2.05, 4.69) is 10.3 Å². The Morgan fingerprint density at radius 2 is 2.20 bits per heavy atom. The van der Waals surface area contributed by atoms with Gasteiger partial charge in [0.2, 0.25) is 0 Å². The SMILES string of the molecule is Cc1ccsc1C(=O)N1CC(n2cc(C(=O)O)nn2)C1. The maximum Gasteiger partial charge on any atom is 0.358 e. The summed E-state index contributed by atoms with van der Waals surface area (Å²) >= 11 is 1.44. The van der Waals surface area contributed by atoms with E-state index in [1.807, 2.05) is 18.4 Å². The van der Waals surface area contributed by atoms with E-state index >= 15 is 0 Å². The minimum Gasteiger partial charge on any atom is -0.476 e. The average Bonchev–Trinajstić information content (AvgIpc) is 2.95. The fourth-order valence-electron chi connectivity index (χ4n) is 2.08. The second-order valence-corrected chi connectivity index (χ2v) is 5.60. The monoisotopic (exact) mass is 292 g/mol. The molecule has 1 saturated heterocycles. The first-order valence-electron chi connectivity index (χ1n) is 6.04. The van der Waals surface area contributed by atoms with E-state index in [1.165, 1.54) is 22.2 Å². The highest BCUT2D eigenvalue weighted by atomic mass is 32.1. The Morgan fingerprint density at radius 3 is 2.75 bits per heavy atom. The van der Waals surface area contributed by atoms with Crippen LogP contribution in [0.3, 0.4) is 0 Å². The highest BCUT2D eigenvalue weighted by Gasteiger charge is 2.34. The molecule has 3 rings (SSSR count). The number of carbonyl (C=O) groups is 2. The van der Waals surface area contributed by atoms with Crippen LogP contribution in [0.2, 0.25) is 0 Å². The first-order chi connectivity index (χ1) is 9.56. The summed E-state index contributed by atoms with van der Waals surface area (Å²) in [7, 11) is 0. The molecule has 0 aromatic carbocycles. The van der Waals surface area contributed by atoms with Gasteiger partial charge < -0.3 is 10.0 Å². The molecule has 0 aliphatic carbocycles. The smallest absolute Gasteiger partial charge is 0.358 e. The zero-order valence-corrected chi connectivity index (χ0v) is 11.5. The van der Waals surface area contributed by atoms with Gasteiger partial charge in [-0.2, -0.15) is 0 Å². The first kappa shape index (κ1) is 12.8. The summed E-state index contributed by atoms with van der Waals surface area (Å²) < 4.78 is 1.51. The van der Waals surface area contributed by atoms with Crippen LogP contribution in [0.5, 0.6) is 0 Å². The Morgan fingerprint density at radius 1 is 1.45 bits per heavy atom. The fraction of sp³-hybridized carbons (Fsp3) is 0.333. The topological polar surface area (TPSA) is 88.3 Å². The third kappa shape index (κ3) is 2.07. The van der Waals surface area contributed by atoms with E-state index in [0.29, 0.717) is 13.1 Å². The predicted molar refractivity (Wildman–Crippen MR) is 71.0 cm³/mol. The number of aryl methyl sites for hydroxylation is 1. The highest BCUT2D eigenvalue weighted by molar-refractivity contribution is 7.12. The third-order valence-corrected chi connectivity index (χ3v) is 4.31. The van der Waals surface area contributed by atoms with Crippen molar-refractivity contribution in [2.75, 3.05) is 13.1 Å². The maximum absolute atomic E-state index is 12.2. The molecule has 1 fully saturated rings. The normalized spacial score (nSPS) is 15.2. The van der Waals surface area contributed by atoms with Crippen molar-refractivity contribution < 1.29 is 14.7 Å². The van der Waals surface area contributed by atoms with Gasteiger partial charge in [0.15, 0.2) is 5.69 Å². The molecule has 0 unspecified atom stereocenters. The number of carboxylic acids is 1. The number of aromatic carboxylic acids is 1. The molecule has 8 heteroatoms. The summed E-state index contributed by atoms with van der Waals surface area (Å²) in [5.74, 6) is -1.08. The minimum atomic E-state index is -1.10. The van der Waals surface area contributed by atoms with Crippen LogP contribution in [0.15, 0.2) is 17.6 Å².